The standard InChI is InChI=1S/C21H24FN3O3/c22-17-6-2-1-5-16(17)9-10-23-20(26)15-21(27)24-18-7-3-4-8-19(18)25-11-13-28-14-12-25/h1-8H,9-15H2,(H,23,26)(H,24,27). The monoisotopic (exact) mass is 385 g/mol. The van der Waals surface area contributed by atoms with Crippen molar-refractivity contribution < 1.29 is 18.7 Å². The fourth-order valence-electron chi connectivity index (χ4n) is 3.10. The van der Waals surface area contributed by atoms with Crippen molar-refractivity contribution in [2.45, 2.75) is 12.8 Å². The first-order valence-corrected chi connectivity index (χ1v) is 9.35. The van der Waals surface area contributed by atoms with Gasteiger partial charge in [0.2, 0.25) is 11.8 Å². The highest BCUT2D eigenvalue weighted by atomic mass is 19.1. The van der Waals surface area contributed by atoms with Crippen LogP contribution < -0.4 is 15.5 Å². The van der Waals surface area contributed by atoms with Gasteiger partial charge >= 0.3 is 0 Å². The van der Waals surface area contributed by atoms with Gasteiger partial charge in [-0.25, -0.2) is 4.39 Å². The molecule has 1 heterocycles. The molecule has 1 fully saturated rings. The van der Waals surface area contributed by atoms with Crippen LogP contribution in [0.25, 0.3) is 0 Å². The SMILES string of the molecule is O=C(CC(=O)Nc1ccccc1N1CCOCC1)NCCc1ccccc1F. The third-order valence-electron chi connectivity index (χ3n) is 4.53. The van der Waals surface area contributed by atoms with E-state index in [0.717, 1.165) is 18.8 Å². The van der Waals surface area contributed by atoms with E-state index >= 15 is 0 Å². The summed E-state index contributed by atoms with van der Waals surface area (Å²) < 4.78 is 18.9. The largest absolute Gasteiger partial charge is 0.378 e. The van der Waals surface area contributed by atoms with Gasteiger partial charge < -0.3 is 20.3 Å². The van der Waals surface area contributed by atoms with Gasteiger partial charge in [0, 0.05) is 19.6 Å². The van der Waals surface area contributed by atoms with Gasteiger partial charge in [0.15, 0.2) is 0 Å². The summed E-state index contributed by atoms with van der Waals surface area (Å²) in [5, 5.41) is 5.47. The zero-order valence-electron chi connectivity index (χ0n) is 15.6. The van der Waals surface area contributed by atoms with Crippen LogP contribution in [0.2, 0.25) is 0 Å². The van der Waals surface area contributed by atoms with Crippen LogP contribution >= 0.6 is 0 Å². The van der Waals surface area contributed by atoms with Gasteiger partial charge in [-0.3, -0.25) is 9.59 Å². The summed E-state index contributed by atoms with van der Waals surface area (Å²) in [6.07, 6.45) is 0.0919. The molecule has 1 saturated heterocycles. The second-order valence-electron chi connectivity index (χ2n) is 6.53. The summed E-state index contributed by atoms with van der Waals surface area (Å²) >= 11 is 0. The van der Waals surface area contributed by atoms with E-state index in [0.29, 0.717) is 30.9 Å². The van der Waals surface area contributed by atoms with Crippen molar-refractivity contribution in [3.05, 3.63) is 59.9 Å². The minimum Gasteiger partial charge on any atom is -0.378 e. The van der Waals surface area contributed by atoms with Gasteiger partial charge in [0.05, 0.1) is 24.6 Å². The van der Waals surface area contributed by atoms with Crippen LogP contribution in [0.4, 0.5) is 15.8 Å². The molecule has 2 aromatic carbocycles. The Hall–Kier alpha value is -2.93. The van der Waals surface area contributed by atoms with Crippen molar-refractivity contribution in [1.29, 1.82) is 0 Å². The number of amides is 2. The molecule has 3 rings (SSSR count). The van der Waals surface area contributed by atoms with Crippen LogP contribution in [0, 0.1) is 5.82 Å². The summed E-state index contributed by atoms with van der Waals surface area (Å²) in [5.74, 6) is -1.07. The molecule has 2 amide bonds. The number of carbonyl (C=O) groups excluding carboxylic acids is 2. The van der Waals surface area contributed by atoms with Crippen molar-refractivity contribution in [3.63, 3.8) is 0 Å². The van der Waals surface area contributed by atoms with Gasteiger partial charge in [-0.2, -0.15) is 0 Å². The first-order valence-electron chi connectivity index (χ1n) is 9.35. The molecule has 0 aliphatic carbocycles. The molecule has 6 nitrogen and oxygen atoms in total. The highest BCUT2D eigenvalue weighted by Crippen LogP contribution is 2.26. The van der Waals surface area contributed by atoms with Crippen molar-refractivity contribution >= 4 is 23.2 Å². The first kappa shape index (κ1) is 19.8. The maximum atomic E-state index is 13.6. The lowest BCUT2D eigenvalue weighted by molar-refractivity contribution is -0.126. The quantitative estimate of drug-likeness (QED) is 0.718. The fraction of sp³-hybridized carbons (Fsp3) is 0.333. The molecule has 0 radical (unpaired) electrons. The second-order valence-corrected chi connectivity index (χ2v) is 6.53. The summed E-state index contributed by atoms with van der Waals surface area (Å²) in [6.45, 7) is 3.07. The molecule has 148 valence electrons. The Kier molecular flexibility index (Phi) is 6.97. The molecule has 28 heavy (non-hydrogen) atoms. The van der Waals surface area contributed by atoms with E-state index in [1.807, 2.05) is 24.3 Å². The zero-order chi connectivity index (χ0) is 19.8. The maximum absolute atomic E-state index is 13.6. The maximum Gasteiger partial charge on any atom is 0.233 e. The van der Waals surface area contributed by atoms with E-state index in [1.54, 1.807) is 18.2 Å². The van der Waals surface area contributed by atoms with E-state index < -0.39 is 5.91 Å². The molecule has 0 saturated carbocycles. The number of anilines is 2. The fourth-order valence-corrected chi connectivity index (χ4v) is 3.10. The third-order valence-corrected chi connectivity index (χ3v) is 4.53. The number of hydrogen-bond acceptors (Lipinski definition) is 4. The highest BCUT2D eigenvalue weighted by Gasteiger charge is 2.17. The minimum absolute atomic E-state index is 0.275. The van der Waals surface area contributed by atoms with Gasteiger partial charge in [0.1, 0.15) is 12.2 Å². The van der Waals surface area contributed by atoms with Gasteiger partial charge in [0.25, 0.3) is 0 Å². The van der Waals surface area contributed by atoms with Crippen LogP contribution in [0.15, 0.2) is 48.5 Å². The average Bonchev–Trinajstić information content (AvgIpc) is 2.70. The van der Waals surface area contributed by atoms with Crippen LogP contribution in [-0.2, 0) is 20.7 Å². The number of rotatable bonds is 7. The lowest BCUT2D eigenvalue weighted by Gasteiger charge is -2.30. The van der Waals surface area contributed by atoms with Crippen molar-refractivity contribution in [1.82, 2.24) is 5.32 Å². The Morgan fingerprint density at radius 2 is 1.71 bits per heavy atom. The molecule has 0 unspecified atom stereocenters. The number of carbonyl (C=O) groups is 2. The predicted molar refractivity (Wildman–Crippen MR) is 106 cm³/mol. The molecule has 0 aromatic heterocycles. The van der Waals surface area contributed by atoms with Gasteiger partial charge in [-0.05, 0) is 30.2 Å². The topological polar surface area (TPSA) is 70.7 Å². The average molecular weight is 385 g/mol. The lowest BCUT2D eigenvalue weighted by atomic mass is 10.1. The Morgan fingerprint density at radius 1 is 1.00 bits per heavy atom. The van der Waals surface area contributed by atoms with E-state index in [2.05, 4.69) is 15.5 Å². The van der Waals surface area contributed by atoms with E-state index in [-0.39, 0.29) is 24.7 Å². The van der Waals surface area contributed by atoms with E-state index in [9.17, 15) is 14.0 Å². The zero-order valence-corrected chi connectivity index (χ0v) is 15.6. The Labute approximate surface area is 163 Å². The molecule has 1 aliphatic rings. The highest BCUT2D eigenvalue weighted by molar-refractivity contribution is 6.04. The number of para-hydroxylation sites is 2. The number of hydrogen-bond donors (Lipinski definition) is 2. The smallest absolute Gasteiger partial charge is 0.233 e. The van der Waals surface area contributed by atoms with Crippen molar-refractivity contribution in [3.8, 4) is 0 Å². The predicted octanol–water partition coefficient (Wildman–Crippen LogP) is 2.35. The number of halogens is 1. The Morgan fingerprint density at radius 3 is 2.50 bits per heavy atom. The molecular weight excluding hydrogens is 361 g/mol. The van der Waals surface area contributed by atoms with Gasteiger partial charge in [-0.15, -0.1) is 0 Å². The number of nitrogens with zero attached hydrogens (tertiary/aromatic N) is 1. The third kappa shape index (κ3) is 5.53. The summed E-state index contributed by atoms with van der Waals surface area (Å²) in [7, 11) is 0. The second kappa shape index (κ2) is 9.85. The van der Waals surface area contributed by atoms with E-state index in [4.69, 9.17) is 4.74 Å². The minimum atomic E-state index is -0.391. The number of morpholine rings is 1. The van der Waals surface area contributed by atoms with E-state index in [1.165, 1.54) is 6.07 Å². The number of benzene rings is 2. The van der Waals surface area contributed by atoms with Gasteiger partial charge in [-0.1, -0.05) is 30.3 Å². The number of ether oxygens (including phenoxy) is 1. The molecular formula is C21H24FN3O3. The number of nitrogens with one attached hydrogen (secondary N) is 2. The van der Waals surface area contributed by atoms with Crippen LogP contribution in [0.1, 0.15) is 12.0 Å². The lowest BCUT2D eigenvalue weighted by Crippen LogP contribution is -2.37. The Bertz CT molecular complexity index is 822. The molecule has 2 aromatic rings. The van der Waals surface area contributed by atoms with Crippen LogP contribution in [0.5, 0.6) is 0 Å². The molecule has 0 atom stereocenters. The van der Waals surface area contributed by atoms with Crippen LogP contribution in [-0.4, -0.2) is 44.7 Å². The molecule has 0 spiro atoms. The molecule has 0 bridgehead atoms. The normalized spacial score (nSPS) is 13.8. The van der Waals surface area contributed by atoms with Crippen LogP contribution in [0.3, 0.4) is 0 Å². The first-order chi connectivity index (χ1) is 13.6. The van der Waals surface area contributed by atoms with Crippen molar-refractivity contribution in [2.24, 2.45) is 0 Å². The summed E-state index contributed by atoms with van der Waals surface area (Å²) in [6, 6.07) is 13.9. The Balaban J connectivity index is 1.49. The molecule has 1 aliphatic heterocycles. The summed E-state index contributed by atoms with van der Waals surface area (Å²) in [5.41, 5.74) is 2.12. The summed E-state index contributed by atoms with van der Waals surface area (Å²) in [4.78, 5) is 26.4. The van der Waals surface area contributed by atoms with Crippen molar-refractivity contribution in [2.75, 3.05) is 43.1 Å². The molecule has 2 N–H and O–H groups in total. The molecule has 7 heteroatoms.